The molecule has 8 aromatic carbocycles. The lowest BCUT2D eigenvalue weighted by molar-refractivity contribution is 0.0116. The van der Waals surface area contributed by atoms with Crippen molar-refractivity contribution >= 4 is 129 Å². The van der Waals surface area contributed by atoms with Gasteiger partial charge < -0.3 is 86.8 Å². The first-order valence-electron chi connectivity index (χ1n) is 29.6. The van der Waals surface area contributed by atoms with Gasteiger partial charge in [0.15, 0.2) is 0 Å². The van der Waals surface area contributed by atoms with Crippen LogP contribution in [0, 0.1) is 0 Å². The van der Waals surface area contributed by atoms with Gasteiger partial charge in [-0.05, 0) is 13.1 Å². The number of aliphatic hydroxyl groups excluding tert-OH is 2. The summed E-state index contributed by atoms with van der Waals surface area (Å²) in [5, 5.41) is 23.0. The lowest BCUT2D eigenvalue weighted by Gasteiger charge is -2.60. The van der Waals surface area contributed by atoms with E-state index in [1.54, 1.807) is 0 Å². The van der Waals surface area contributed by atoms with Crippen LogP contribution in [0.25, 0.3) is 0 Å². The van der Waals surface area contributed by atoms with Crippen molar-refractivity contribution in [1.82, 2.24) is 0 Å². The fourth-order valence-electron chi connectivity index (χ4n) is 11.2. The van der Waals surface area contributed by atoms with Crippen molar-refractivity contribution in [3.63, 3.8) is 0 Å². The molecule has 8 bridgehead atoms. The maximum Gasteiger partial charge on any atom is 0.515 e. The van der Waals surface area contributed by atoms with Crippen molar-refractivity contribution in [1.29, 1.82) is 0 Å². The smallest absolute Gasteiger partial charge is 0.394 e. The first kappa shape index (κ1) is 63.9. The molecule has 0 aliphatic carbocycles. The zero-order valence-corrected chi connectivity index (χ0v) is 59.4. The Balaban J connectivity index is 1.26. The summed E-state index contributed by atoms with van der Waals surface area (Å²) in [5.74, 6) is 0. The lowest BCUT2D eigenvalue weighted by Crippen LogP contribution is -2.93. The van der Waals surface area contributed by atoms with Crippen LogP contribution in [-0.2, 0) is 76.6 Å². The quantitative estimate of drug-likeness (QED) is 0.0738. The minimum Gasteiger partial charge on any atom is -0.394 e. The van der Waals surface area contributed by atoms with Gasteiger partial charge in [-0.3, -0.25) is 0 Å². The van der Waals surface area contributed by atoms with Crippen molar-refractivity contribution in [2.75, 3.05) is 65.3 Å². The Morgan fingerprint density at radius 3 is 0.544 bits per heavy atom. The van der Waals surface area contributed by atoms with E-state index in [9.17, 15) is 10.2 Å². The van der Waals surface area contributed by atoms with Gasteiger partial charge in [0.1, 0.15) is 0 Å². The van der Waals surface area contributed by atoms with Crippen LogP contribution in [0.1, 0.15) is 0 Å². The van der Waals surface area contributed by atoms with Gasteiger partial charge in [0.25, 0.3) is 0 Å². The van der Waals surface area contributed by atoms with E-state index in [1.165, 1.54) is 0 Å². The highest BCUT2D eigenvalue weighted by atomic mass is 28.6. The van der Waals surface area contributed by atoms with Crippen LogP contribution in [0.15, 0.2) is 243 Å². The molecule has 0 radical (unpaired) electrons. The molecule has 2 N–H and O–H groups in total. The summed E-state index contributed by atoms with van der Waals surface area (Å²) in [4.78, 5) is 0. The van der Waals surface area contributed by atoms with Crippen LogP contribution in [0.5, 0.6) is 0 Å². The van der Waals surface area contributed by atoms with Crippen LogP contribution in [-0.4, -0.2) is 163 Å². The van der Waals surface area contributed by atoms with E-state index >= 15 is 0 Å². The van der Waals surface area contributed by atoms with Gasteiger partial charge in [-0.1, -0.05) is 243 Å². The number of hydrogen-bond donors (Lipinski definition) is 2. The molecule has 0 amide bonds. The molecule has 0 unspecified atom stereocenters. The highest BCUT2D eigenvalue weighted by Crippen LogP contribution is 2.47. The molecule has 6 aliphatic rings. The second-order valence-corrected chi connectivity index (χ2v) is 51.9. The predicted molar refractivity (Wildman–Crippen MR) is 351 cm³/mol. The van der Waals surface area contributed by atoms with E-state index in [0.29, 0.717) is 41.5 Å². The molecule has 0 spiro atoms. The molecular formula is C60H68O20Si10. The number of ether oxygens (including phenoxy) is 4. The maximum atomic E-state index is 9.73. The van der Waals surface area contributed by atoms with E-state index in [2.05, 4.69) is 0 Å². The largest absolute Gasteiger partial charge is 0.515 e. The Bertz CT molecular complexity index is 3140. The first-order valence-corrected chi connectivity index (χ1v) is 48.5. The molecule has 30 heteroatoms. The van der Waals surface area contributed by atoms with Gasteiger partial charge in [0.2, 0.25) is 0 Å². The molecule has 6 heterocycles. The number of benzene rings is 8. The van der Waals surface area contributed by atoms with Crippen LogP contribution >= 0.6 is 0 Å². The minimum atomic E-state index is -5.31. The molecule has 14 rings (SSSR count). The molecule has 6 saturated heterocycles. The third kappa shape index (κ3) is 12.8. The maximum absolute atomic E-state index is 9.73. The molecule has 0 saturated carbocycles. The normalized spacial score (nSPS) is 32.2. The third-order valence-electron chi connectivity index (χ3n) is 15.1. The third-order valence-corrected chi connectivity index (χ3v) is 57.5. The summed E-state index contributed by atoms with van der Waals surface area (Å²) in [5.41, 5.74) is 0. The average molecular weight is 1390 g/mol. The fraction of sp³-hybridized carbons (Fsp3) is 0.200. The van der Waals surface area contributed by atoms with Crippen LogP contribution in [0.2, 0.25) is 13.1 Å². The molecule has 0 atom stereocenters. The Labute approximate surface area is 533 Å². The van der Waals surface area contributed by atoms with Crippen molar-refractivity contribution < 1.29 is 86.8 Å². The van der Waals surface area contributed by atoms with Gasteiger partial charge in [-0.2, -0.15) is 0 Å². The summed E-state index contributed by atoms with van der Waals surface area (Å²) >= 11 is 0. The summed E-state index contributed by atoms with van der Waals surface area (Å²) in [7, 11) is -50.7. The molecule has 90 heavy (non-hydrogen) atoms. The van der Waals surface area contributed by atoms with E-state index < -0.39 is 87.6 Å². The average Bonchev–Trinajstić information content (AvgIpc) is 0.679. The van der Waals surface area contributed by atoms with Crippen LogP contribution in [0.3, 0.4) is 0 Å². The van der Waals surface area contributed by atoms with Crippen molar-refractivity contribution in [3.05, 3.63) is 243 Å². The summed E-state index contributed by atoms with van der Waals surface area (Å²) in [6, 6.07) is 75.5. The van der Waals surface area contributed by atoms with Crippen molar-refractivity contribution in [2.45, 2.75) is 13.1 Å². The monoisotopic (exact) mass is 1390 g/mol. The topological polar surface area (TPSA) is 207 Å². The Hall–Kier alpha value is -4.87. The lowest BCUT2D eigenvalue weighted by atomic mass is 10.4. The fourth-order valence-corrected chi connectivity index (χ4v) is 66.6. The number of rotatable bonds is 22. The molecule has 20 nitrogen and oxygen atoms in total. The second kappa shape index (κ2) is 26.9. The van der Waals surface area contributed by atoms with Gasteiger partial charge in [-0.25, -0.2) is 0 Å². The SMILES string of the molecule is C[Si]1(COCCOCCO)O[Si]2(c3ccccc3)O[Si]3(c4ccccc4)O[Si]4(c5ccccc5)O[Si](C)(COCCOCCO)O[Si]5(c6ccccc6)O[Si](c6ccccc6)(O[Si](c6ccccc6)(O1)O[Si](c1ccccc1)(O5)O[Si](c1ccccc1)(O2)O4)O3. The van der Waals surface area contributed by atoms with Crippen molar-refractivity contribution in [2.24, 2.45) is 0 Å². The van der Waals surface area contributed by atoms with Crippen LogP contribution in [0.4, 0.5) is 0 Å². The zero-order valence-electron chi connectivity index (χ0n) is 49.4. The standard InChI is InChI=1S/C60H68O20Si10/c1-81(51-65-49-47-63-45-43-61)67-83(53-27-11-3-12-28-53)71-87(57-35-19-7-20-36-57)75-85(55-31-15-5-16-32-55)69-82(2,52-66-50-48-64-46-44-62)70-86(56-33-17-6-18-34-56)77-89(79-87,59-39-23-9-24-40-59)73-84(68-81,54-29-13-4-14-30-54)74-90(78-86,60-41-25-10-26-42-60)80-88(72-83,76-85)58-37-21-8-22-38-58/h3-42,61-62H,43-52H2,1-2H3. The van der Waals surface area contributed by atoms with E-state index in [1.807, 2.05) is 256 Å². The summed E-state index contributed by atoms with van der Waals surface area (Å²) < 4.78 is 143. The molecular weight excluding hydrogens is 1320 g/mol. The summed E-state index contributed by atoms with van der Waals surface area (Å²) in [6.07, 6.45) is -0.398. The van der Waals surface area contributed by atoms with Gasteiger partial charge in [0.05, 0.1) is 65.3 Å². The minimum absolute atomic E-state index is 0.0626. The molecule has 6 fully saturated rings. The molecule has 8 aromatic rings. The predicted octanol–water partition coefficient (Wildman–Crippen LogP) is 2.33. The number of fused-ring (bicyclic) bond motifs is 4. The van der Waals surface area contributed by atoms with Crippen LogP contribution < -0.4 is 41.5 Å². The summed E-state index contributed by atoms with van der Waals surface area (Å²) in [6.45, 7) is 4.00. The Morgan fingerprint density at radius 1 is 0.222 bits per heavy atom. The highest BCUT2D eigenvalue weighted by Gasteiger charge is 2.83. The van der Waals surface area contributed by atoms with E-state index in [0.717, 1.165) is 0 Å². The van der Waals surface area contributed by atoms with E-state index in [-0.39, 0.29) is 65.3 Å². The molecule has 6 aliphatic heterocycles. The first-order chi connectivity index (χ1) is 43.9. The second-order valence-electron chi connectivity index (χ2n) is 21.9. The van der Waals surface area contributed by atoms with Crippen molar-refractivity contribution in [3.8, 4) is 0 Å². The Morgan fingerprint density at radius 2 is 0.378 bits per heavy atom. The van der Waals surface area contributed by atoms with Gasteiger partial charge in [0, 0.05) is 41.5 Å². The molecule has 0 aromatic heterocycles. The molecule has 468 valence electrons. The Kier molecular flexibility index (Phi) is 19.1. The number of aliphatic hydroxyl groups is 2. The van der Waals surface area contributed by atoms with E-state index in [4.69, 9.17) is 76.6 Å². The highest BCUT2D eigenvalue weighted by molar-refractivity contribution is 7.12. The number of hydrogen-bond acceptors (Lipinski definition) is 20. The zero-order chi connectivity index (χ0) is 61.7. The van der Waals surface area contributed by atoms with Gasteiger partial charge in [-0.15, -0.1) is 0 Å². The van der Waals surface area contributed by atoms with Gasteiger partial charge >= 0.3 is 87.6 Å².